The largest absolute Gasteiger partial charge is 0.497 e. The van der Waals surface area contributed by atoms with E-state index in [-0.39, 0.29) is 18.6 Å². The van der Waals surface area contributed by atoms with Crippen molar-refractivity contribution in [1.29, 1.82) is 0 Å². The van der Waals surface area contributed by atoms with Crippen molar-refractivity contribution in [2.45, 2.75) is 26.8 Å². The summed E-state index contributed by atoms with van der Waals surface area (Å²) in [6.45, 7) is 7.23. The molecule has 2 rings (SSSR count). The Labute approximate surface area is 155 Å². The Balaban J connectivity index is 2.46. The maximum absolute atomic E-state index is 12.7. The monoisotopic (exact) mass is 356 g/mol. The fraction of sp³-hybridized carbons (Fsp3) is 0.381. The summed E-state index contributed by atoms with van der Waals surface area (Å²) in [5, 5.41) is 9.75. The van der Waals surface area contributed by atoms with Crippen LogP contribution in [0.1, 0.15) is 31.1 Å². The zero-order valence-corrected chi connectivity index (χ0v) is 16.0. The number of aliphatic hydroxyl groups is 1. The predicted molar refractivity (Wildman–Crippen MR) is 105 cm³/mol. The zero-order chi connectivity index (χ0) is 19.1. The Morgan fingerprint density at radius 3 is 2.27 bits per heavy atom. The molecule has 0 aromatic heterocycles. The van der Waals surface area contributed by atoms with E-state index in [4.69, 9.17) is 4.74 Å². The minimum Gasteiger partial charge on any atom is -0.497 e. The first-order valence-electron chi connectivity index (χ1n) is 8.99. The van der Waals surface area contributed by atoms with Crippen molar-refractivity contribution in [1.82, 2.24) is 4.90 Å². The summed E-state index contributed by atoms with van der Waals surface area (Å²) in [5.74, 6) is 0.757. The molecule has 0 fully saturated rings. The highest BCUT2D eigenvalue weighted by Gasteiger charge is 2.19. The zero-order valence-electron chi connectivity index (χ0n) is 16.0. The lowest BCUT2D eigenvalue weighted by atomic mass is 10.1. The van der Waals surface area contributed by atoms with E-state index in [0.717, 1.165) is 17.1 Å². The number of amides is 1. The van der Waals surface area contributed by atoms with E-state index in [1.165, 1.54) is 0 Å². The molecule has 0 aliphatic heterocycles. The highest BCUT2D eigenvalue weighted by atomic mass is 16.5. The van der Waals surface area contributed by atoms with E-state index in [9.17, 15) is 9.90 Å². The van der Waals surface area contributed by atoms with Crippen LogP contribution < -0.4 is 9.64 Å². The van der Waals surface area contributed by atoms with Gasteiger partial charge in [-0.3, -0.25) is 4.79 Å². The molecule has 0 bridgehead atoms. The SMILES string of the molecule is CCN(CC)C(=O)c1cccc(N(c2cccc(OC)c2)C(C)CO)c1. The number of hydrogen-bond donors (Lipinski definition) is 1. The summed E-state index contributed by atoms with van der Waals surface area (Å²) >= 11 is 0. The Morgan fingerprint density at radius 1 is 1.08 bits per heavy atom. The normalized spacial score (nSPS) is 11.7. The van der Waals surface area contributed by atoms with Gasteiger partial charge in [0.05, 0.1) is 19.8 Å². The lowest BCUT2D eigenvalue weighted by molar-refractivity contribution is 0.0773. The minimum atomic E-state index is -0.152. The van der Waals surface area contributed by atoms with Crippen LogP contribution in [0.5, 0.6) is 5.75 Å². The lowest BCUT2D eigenvalue weighted by Gasteiger charge is -2.31. The number of anilines is 2. The van der Waals surface area contributed by atoms with E-state index >= 15 is 0 Å². The number of aliphatic hydroxyl groups excluding tert-OH is 1. The third kappa shape index (κ3) is 4.35. The summed E-state index contributed by atoms with van der Waals surface area (Å²) < 4.78 is 5.33. The smallest absolute Gasteiger partial charge is 0.253 e. The second kappa shape index (κ2) is 9.25. The number of benzene rings is 2. The molecule has 2 aromatic rings. The van der Waals surface area contributed by atoms with Crippen molar-refractivity contribution >= 4 is 17.3 Å². The van der Waals surface area contributed by atoms with Gasteiger partial charge in [-0.25, -0.2) is 0 Å². The molecule has 0 aliphatic carbocycles. The van der Waals surface area contributed by atoms with Gasteiger partial charge >= 0.3 is 0 Å². The van der Waals surface area contributed by atoms with E-state index < -0.39 is 0 Å². The number of ether oxygens (including phenoxy) is 1. The molecule has 1 unspecified atom stereocenters. The lowest BCUT2D eigenvalue weighted by Crippen LogP contribution is -2.32. The number of hydrogen-bond acceptors (Lipinski definition) is 4. The number of carbonyl (C=O) groups is 1. The molecule has 0 aliphatic rings. The van der Waals surface area contributed by atoms with E-state index in [2.05, 4.69) is 0 Å². The van der Waals surface area contributed by atoms with Crippen LogP contribution >= 0.6 is 0 Å². The first-order chi connectivity index (χ1) is 12.5. The third-order valence-electron chi connectivity index (χ3n) is 4.46. The Morgan fingerprint density at radius 2 is 1.69 bits per heavy atom. The highest BCUT2D eigenvalue weighted by Crippen LogP contribution is 2.31. The van der Waals surface area contributed by atoms with Crippen molar-refractivity contribution < 1.29 is 14.6 Å². The first kappa shape index (κ1) is 19.8. The Bertz CT molecular complexity index is 729. The molecule has 5 heteroatoms. The van der Waals surface area contributed by atoms with Gasteiger partial charge in [0.25, 0.3) is 5.91 Å². The van der Waals surface area contributed by atoms with Gasteiger partial charge in [0.15, 0.2) is 0 Å². The van der Waals surface area contributed by atoms with Crippen LogP contribution in [-0.4, -0.2) is 48.8 Å². The molecule has 0 radical (unpaired) electrons. The molecule has 1 N–H and O–H groups in total. The van der Waals surface area contributed by atoms with Crippen LogP contribution in [0.3, 0.4) is 0 Å². The van der Waals surface area contributed by atoms with Crippen LogP contribution in [0.4, 0.5) is 11.4 Å². The summed E-state index contributed by atoms with van der Waals surface area (Å²) in [5.41, 5.74) is 2.40. The van der Waals surface area contributed by atoms with Gasteiger partial charge in [0.1, 0.15) is 5.75 Å². The van der Waals surface area contributed by atoms with Gasteiger partial charge in [-0.15, -0.1) is 0 Å². The fourth-order valence-corrected chi connectivity index (χ4v) is 2.98. The van der Waals surface area contributed by atoms with Crippen molar-refractivity contribution in [2.24, 2.45) is 0 Å². The molecule has 1 amide bonds. The average Bonchev–Trinajstić information content (AvgIpc) is 2.69. The summed E-state index contributed by atoms with van der Waals surface area (Å²) in [7, 11) is 1.63. The van der Waals surface area contributed by atoms with Crippen molar-refractivity contribution in [3.8, 4) is 5.75 Å². The summed E-state index contributed by atoms with van der Waals surface area (Å²) in [6, 6.07) is 15.1. The van der Waals surface area contributed by atoms with Gasteiger partial charge in [0, 0.05) is 36.1 Å². The molecule has 0 saturated carbocycles. The van der Waals surface area contributed by atoms with E-state index in [1.807, 2.05) is 74.2 Å². The van der Waals surface area contributed by atoms with Crippen LogP contribution in [0, 0.1) is 0 Å². The molecule has 2 aromatic carbocycles. The molecule has 0 spiro atoms. The maximum Gasteiger partial charge on any atom is 0.253 e. The Hall–Kier alpha value is -2.53. The second-order valence-electron chi connectivity index (χ2n) is 6.13. The Kier molecular flexibility index (Phi) is 7.04. The molecule has 1 atom stereocenters. The highest BCUT2D eigenvalue weighted by molar-refractivity contribution is 5.95. The summed E-state index contributed by atoms with van der Waals surface area (Å²) in [6.07, 6.45) is 0. The second-order valence-corrected chi connectivity index (χ2v) is 6.13. The van der Waals surface area contributed by atoms with Crippen LogP contribution in [0.2, 0.25) is 0 Å². The quantitative estimate of drug-likeness (QED) is 0.784. The standard InChI is InChI=1S/C21H28N2O3/c1-5-22(6-2)21(25)17-9-7-10-18(13-17)23(16(3)15-24)19-11-8-12-20(14-19)26-4/h7-14,16,24H,5-6,15H2,1-4H3. The molecule has 5 nitrogen and oxygen atoms in total. The van der Waals surface area contributed by atoms with Gasteiger partial charge < -0.3 is 19.6 Å². The van der Waals surface area contributed by atoms with Crippen molar-refractivity contribution in [3.05, 3.63) is 54.1 Å². The summed E-state index contributed by atoms with van der Waals surface area (Å²) in [4.78, 5) is 16.5. The third-order valence-corrected chi connectivity index (χ3v) is 4.46. The van der Waals surface area contributed by atoms with E-state index in [0.29, 0.717) is 18.7 Å². The molecule has 140 valence electrons. The van der Waals surface area contributed by atoms with E-state index in [1.54, 1.807) is 12.0 Å². The molecular formula is C21H28N2O3. The number of nitrogens with zero attached hydrogens (tertiary/aromatic N) is 2. The topological polar surface area (TPSA) is 53.0 Å². The molecule has 26 heavy (non-hydrogen) atoms. The van der Waals surface area contributed by atoms with Crippen molar-refractivity contribution in [3.63, 3.8) is 0 Å². The first-order valence-corrected chi connectivity index (χ1v) is 8.99. The minimum absolute atomic E-state index is 0.00850. The van der Waals surface area contributed by atoms with Gasteiger partial charge in [0.2, 0.25) is 0 Å². The van der Waals surface area contributed by atoms with Gasteiger partial charge in [-0.2, -0.15) is 0 Å². The average molecular weight is 356 g/mol. The van der Waals surface area contributed by atoms with Crippen molar-refractivity contribution in [2.75, 3.05) is 31.7 Å². The van der Waals surface area contributed by atoms with Crippen LogP contribution in [-0.2, 0) is 0 Å². The molecular weight excluding hydrogens is 328 g/mol. The molecule has 0 saturated heterocycles. The van der Waals surface area contributed by atoms with Gasteiger partial charge in [-0.05, 0) is 51.1 Å². The molecule has 0 heterocycles. The number of rotatable bonds is 8. The predicted octanol–water partition coefficient (Wildman–Crippen LogP) is 3.70. The maximum atomic E-state index is 12.7. The number of carbonyl (C=O) groups excluding carboxylic acids is 1. The van der Waals surface area contributed by atoms with Crippen LogP contribution in [0.15, 0.2) is 48.5 Å². The number of methoxy groups -OCH3 is 1. The van der Waals surface area contributed by atoms with Gasteiger partial charge in [-0.1, -0.05) is 12.1 Å². The van der Waals surface area contributed by atoms with Crippen LogP contribution in [0.25, 0.3) is 0 Å². The fourth-order valence-electron chi connectivity index (χ4n) is 2.98.